The number of hydrogen-bond donors (Lipinski definition) is 1. The Morgan fingerprint density at radius 1 is 1.44 bits per heavy atom. The van der Waals surface area contributed by atoms with Crippen molar-refractivity contribution in [3.63, 3.8) is 0 Å². The van der Waals surface area contributed by atoms with Gasteiger partial charge in [-0.3, -0.25) is 4.79 Å². The van der Waals surface area contributed by atoms with E-state index in [0.717, 1.165) is 16.2 Å². The second-order valence-electron chi connectivity index (χ2n) is 4.51. The lowest BCUT2D eigenvalue weighted by atomic mass is 10.0. The molecule has 1 rings (SSSR count). The standard InChI is InChI=1S/C14H20O3S/c1-9(2)11-8-13(18-6-5-14(15)16)10(3)7-12(11)17-4/h7-9H,5-6H2,1-4H3,(H,15,16). The molecule has 0 radical (unpaired) electrons. The van der Waals surface area contributed by atoms with Crippen LogP contribution in [0.15, 0.2) is 17.0 Å². The van der Waals surface area contributed by atoms with Crippen LogP contribution in [-0.2, 0) is 4.79 Å². The summed E-state index contributed by atoms with van der Waals surface area (Å²) in [4.78, 5) is 11.7. The van der Waals surface area contributed by atoms with Crippen molar-refractivity contribution in [1.29, 1.82) is 0 Å². The zero-order chi connectivity index (χ0) is 13.7. The Bertz CT molecular complexity index is 427. The number of benzene rings is 1. The molecule has 100 valence electrons. The Labute approximate surface area is 113 Å². The average molecular weight is 268 g/mol. The van der Waals surface area contributed by atoms with Gasteiger partial charge >= 0.3 is 5.97 Å². The van der Waals surface area contributed by atoms with Crippen molar-refractivity contribution in [2.75, 3.05) is 12.9 Å². The first-order chi connectivity index (χ1) is 8.45. The molecule has 0 fully saturated rings. The van der Waals surface area contributed by atoms with Crippen molar-refractivity contribution < 1.29 is 14.6 Å². The maximum atomic E-state index is 10.5. The average Bonchev–Trinajstić information content (AvgIpc) is 2.29. The number of carbonyl (C=O) groups is 1. The molecule has 0 atom stereocenters. The van der Waals surface area contributed by atoms with Gasteiger partial charge in [-0.2, -0.15) is 0 Å². The van der Waals surface area contributed by atoms with E-state index in [1.807, 2.05) is 13.0 Å². The van der Waals surface area contributed by atoms with Crippen LogP contribution >= 0.6 is 11.8 Å². The molecular formula is C14H20O3S. The van der Waals surface area contributed by atoms with E-state index in [-0.39, 0.29) is 6.42 Å². The molecule has 0 saturated heterocycles. The summed E-state index contributed by atoms with van der Waals surface area (Å²) in [6, 6.07) is 4.14. The lowest BCUT2D eigenvalue weighted by Gasteiger charge is -2.15. The third-order valence-electron chi connectivity index (χ3n) is 2.72. The van der Waals surface area contributed by atoms with Gasteiger partial charge in [-0.25, -0.2) is 0 Å². The smallest absolute Gasteiger partial charge is 0.304 e. The molecule has 0 heterocycles. The summed E-state index contributed by atoms with van der Waals surface area (Å²) in [6.45, 7) is 6.27. The van der Waals surface area contributed by atoms with Crippen LogP contribution in [0.4, 0.5) is 0 Å². The summed E-state index contributed by atoms with van der Waals surface area (Å²) in [5, 5.41) is 8.65. The van der Waals surface area contributed by atoms with Gasteiger partial charge in [0.25, 0.3) is 0 Å². The predicted octanol–water partition coefficient (Wildman–Crippen LogP) is 3.69. The molecule has 0 amide bonds. The molecule has 4 heteroatoms. The minimum atomic E-state index is -0.752. The Balaban J connectivity index is 2.91. The van der Waals surface area contributed by atoms with E-state index in [2.05, 4.69) is 19.9 Å². The van der Waals surface area contributed by atoms with Crippen LogP contribution in [0.3, 0.4) is 0 Å². The number of thioether (sulfide) groups is 1. The van der Waals surface area contributed by atoms with Gasteiger partial charge in [0.1, 0.15) is 5.75 Å². The maximum absolute atomic E-state index is 10.5. The molecule has 0 aliphatic rings. The molecule has 0 aliphatic heterocycles. The Hall–Kier alpha value is -1.16. The summed E-state index contributed by atoms with van der Waals surface area (Å²) >= 11 is 1.59. The van der Waals surface area contributed by atoms with Gasteiger partial charge in [-0.15, -0.1) is 11.8 Å². The van der Waals surface area contributed by atoms with Crippen LogP contribution in [0.25, 0.3) is 0 Å². The lowest BCUT2D eigenvalue weighted by Crippen LogP contribution is -1.98. The van der Waals surface area contributed by atoms with Crippen LogP contribution in [0.5, 0.6) is 5.75 Å². The zero-order valence-electron chi connectivity index (χ0n) is 11.3. The van der Waals surface area contributed by atoms with E-state index in [9.17, 15) is 4.79 Å². The highest BCUT2D eigenvalue weighted by molar-refractivity contribution is 7.99. The van der Waals surface area contributed by atoms with E-state index >= 15 is 0 Å². The van der Waals surface area contributed by atoms with E-state index < -0.39 is 5.97 Å². The van der Waals surface area contributed by atoms with Gasteiger partial charge in [0.05, 0.1) is 13.5 Å². The van der Waals surface area contributed by atoms with Gasteiger partial charge in [-0.1, -0.05) is 13.8 Å². The molecule has 1 N–H and O–H groups in total. The second-order valence-corrected chi connectivity index (χ2v) is 5.64. The molecule has 0 saturated carbocycles. The summed E-state index contributed by atoms with van der Waals surface area (Å²) < 4.78 is 5.38. The molecular weight excluding hydrogens is 248 g/mol. The number of rotatable bonds is 6. The lowest BCUT2D eigenvalue weighted by molar-refractivity contribution is -0.136. The fourth-order valence-corrected chi connectivity index (χ4v) is 2.70. The molecule has 1 aromatic carbocycles. The van der Waals surface area contributed by atoms with Gasteiger partial charge < -0.3 is 9.84 Å². The summed E-state index contributed by atoms with van der Waals surface area (Å²) in [7, 11) is 1.68. The van der Waals surface area contributed by atoms with Crippen LogP contribution < -0.4 is 4.74 Å². The number of carboxylic acid groups (broad SMARTS) is 1. The largest absolute Gasteiger partial charge is 0.496 e. The van der Waals surface area contributed by atoms with E-state index in [4.69, 9.17) is 9.84 Å². The fourth-order valence-electron chi connectivity index (χ4n) is 1.71. The molecule has 0 aromatic heterocycles. The molecule has 18 heavy (non-hydrogen) atoms. The summed E-state index contributed by atoms with van der Waals surface area (Å²) in [5.74, 6) is 1.14. The van der Waals surface area contributed by atoms with Crippen molar-refractivity contribution >= 4 is 17.7 Å². The van der Waals surface area contributed by atoms with Gasteiger partial charge in [0, 0.05) is 10.6 Å². The number of aryl methyl sites for hydroxylation is 1. The van der Waals surface area contributed by atoms with E-state index in [1.54, 1.807) is 18.9 Å². The SMILES string of the molecule is COc1cc(C)c(SCCC(=O)O)cc1C(C)C. The van der Waals surface area contributed by atoms with Crippen molar-refractivity contribution in [3.8, 4) is 5.75 Å². The van der Waals surface area contributed by atoms with Crippen molar-refractivity contribution in [3.05, 3.63) is 23.3 Å². The van der Waals surface area contributed by atoms with Crippen molar-refractivity contribution in [2.45, 2.75) is 38.0 Å². The van der Waals surface area contributed by atoms with E-state index in [0.29, 0.717) is 11.7 Å². The molecule has 3 nitrogen and oxygen atoms in total. The fraction of sp³-hybridized carbons (Fsp3) is 0.500. The number of carboxylic acids is 1. The highest BCUT2D eigenvalue weighted by Crippen LogP contribution is 2.34. The minimum Gasteiger partial charge on any atom is -0.496 e. The molecule has 1 aromatic rings. The Morgan fingerprint density at radius 3 is 2.61 bits per heavy atom. The zero-order valence-corrected chi connectivity index (χ0v) is 12.1. The number of hydrogen-bond acceptors (Lipinski definition) is 3. The first-order valence-electron chi connectivity index (χ1n) is 5.98. The van der Waals surface area contributed by atoms with Crippen molar-refractivity contribution in [1.82, 2.24) is 0 Å². The number of methoxy groups -OCH3 is 1. The van der Waals surface area contributed by atoms with E-state index in [1.165, 1.54) is 5.56 Å². The van der Waals surface area contributed by atoms with Crippen LogP contribution in [0.1, 0.15) is 37.3 Å². The Morgan fingerprint density at radius 2 is 2.11 bits per heavy atom. The molecule has 0 aliphatic carbocycles. The molecule has 0 spiro atoms. The first kappa shape index (κ1) is 14.9. The second kappa shape index (κ2) is 6.69. The van der Waals surface area contributed by atoms with Gasteiger partial charge in [0.15, 0.2) is 0 Å². The normalized spacial score (nSPS) is 10.7. The minimum absolute atomic E-state index is 0.188. The third-order valence-corrected chi connectivity index (χ3v) is 3.88. The quantitative estimate of drug-likeness (QED) is 0.799. The number of aliphatic carboxylic acids is 1. The van der Waals surface area contributed by atoms with Crippen molar-refractivity contribution in [2.24, 2.45) is 0 Å². The topological polar surface area (TPSA) is 46.5 Å². The first-order valence-corrected chi connectivity index (χ1v) is 6.97. The van der Waals surface area contributed by atoms with Crippen LogP contribution in [0.2, 0.25) is 0 Å². The maximum Gasteiger partial charge on any atom is 0.304 e. The summed E-state index contributed by atoms with van der Waals surface area (Å²) in [6.07, 6.45) is 0.188. The monoisotopic (exact) mass is 268 g/mol. The predicted molar refractivity (Wildman–Crippen MR) is 74.8 cm³/mol. The van der Waals surface area contributed by atoms with Crippen LogP contribution in [-0.4, -0.2) is 23.9 Å². The van der Waals surface area contributed by atoms with Gasteiger partial charge in [0.2, 0.25) is 0 Å². The summed E-state index contributed by atoms with van der Waals surface area (Å²) in [5.41, 5.74) is 2.30. The van der Waals surface area contributed by atoms with Gasteiger partial charge in [-0.05, 0) is 36.1 Å². The molecule has 0 bridgehead atoms. The van der Waals surface area contributed by atoms with Crippen LogP contribution in [0, 0.1) is 6.92 Å². The highest BCUT2D eigenvalue weighted by Gasteiger charge is 2.11. The third kappa shape index (κ3) is 3.95. The highest BCUT2D eigenvalue weighted by atomic mass is 32.2. The Kier molecular flexibility index (Phi) is 5.54. The number of ether oxygens (including phenoxy) is 1. The molecule has 0 unspecified atom stereocenters.